The lowest BCUT2D eigenvalue weighted by Crippen LogP contribution is -2.26. The highest BCUT2D eigenvalue weighted by atomic mass is 32.2. The molecule has 1 aliphatic rings. The van der Waals surface area contributed by atoms with Crippen LogP contribution in [0.25, 0.3) is 11.1 Å². The van der Waals surface area contributed by atoms with Gasteiger partial charge in [-0.05, 0) is 37.0 Å². The van der Waals surface area contributed by atoms with Crippen molar-refractivity contribution >= 4 is 15.7 Å². The molecule has 1 amide bonds. The van der Waals surface area contributed by atoms with E-state index in [-0.39, 0.29) is 37.0 Å². The number of sulfone groups is 1. The zero-order valence-corrected chi connectivity index (χ0v) is 18.2. The number of aromatic nitrogens is 2. The Hall–Kier alpha value is -2.40. The Morgan fingerprint density at radius 1 is 1.26 bits per heavy atom. The van der Waals surface area contributed by atoms with Crippen molar-refractivity contribution in [3.05, 3.63) is 36.2 Å². The predicted octanol–water partition coefficient (Wildman–Crippen LogP) is 3.00. The van der Waals surface area contributed by atoms with E-state index in [1.165, 1.54) is 35.2 Å². The van der Waals surface area contributed by atoms with Crippen LogP contribution in [0, 0.1) is 0 Å². The van der Waals surface area contributed by atoms with Gasteiger partial charge >= 0.3 is 6.18 Å². The first-order chi connectivity index (χ1) is 14.4. The van der Waals surface area contributed by atoms with E-state index in [1.54, 1.807) is 14.1 Å². The van der Waals surface area contributed by atoms with Gasteiger partial charge in [0.25, 0.3) is 0 Å². The fraction of sp³-hybridized carbons (Fsp3) is 0.500. The zero-order valence-electron chi connectivity index (χ0n) is 17.4. The van der Waals surface area contributed by atoms with Crippen molar-refractivity contribution in [3.8, 4) is 11.1 Å². The van der Waals surface area contributed by atoms with Crippen LogP contribution in [0.1, 0.15) is 24.8 Å². The summed E-state index contributed by atoms with van der Waals surface area (Å²) in [6, 6.07) is 3.17. The quantitative estimate of drug-likeness (QED) is 0.664. The fourth-order valence-electron chi connectivity index (χ4n) is 3.63. The van der Waals surface area contributed by atoms with Crippen LogP contribution in [0.3, 0.4) is 0 Å². The van der Waals surface area contributed by atoms with Gasteiger partial charge in [0.05, 0.1) is 28.0 Å². The van der Waals surface area contributed by atoms with Gasteiger partial charge in [-0.2, -0.15) is 18.3 Å². The molecule has 31 heavy (non-hydrogen) atoms. The lowest BCUT2D eigenvalue weighted by Gasteiger charge is -2.18. The highest BCUT2D eigenvalue weighted by Gasteiger charge is 2.42. The number of hydrogen-bond donors (Lipinski definition) is 0. The van der Waals surface area contributed by atoms with Crippen molar-refractivity contribution in [3.63, 3.8) is 0 Å². The van der Waals surface area contributed by atoms with Crippen molar-refractivity contribution in [1.82, 2.24) is 14.7 Å². The third-order valence-electron chi connectivity index (χ3n) is 5.46. The van der Waals surface area contributed by atoms with Gasteiger partial charge in [0.2, 0.25) is 5.91 Å². The molecule has 0 saturated heterocycles. The first-order valence-electron chi connectivity index (χ1n) is 9.64. The number of amides is 1. The van der Waals surface area contributed by atoms with Gasteiger partial charge in [-0.25, -0.2) is 8.42 Å². The Labute approximate surface area is 178 Å². The molecule has 7 nitrogen and oxygen atoms in total. The minimum absolute atomic E-state index is 0.0616. The van der Waals surface area contributed by atoms with Crippen molar-refractivity contribution in [2.24, 2.45) is 0 Å². The van der Waals surface area contributed by atoms with E-state index in [9.17, 15) is 26.4 Å². The number of rotatable bonds is 6. The molecule has 0 radical (unpaired) electrons. The molecule has 0 unspecified atom stereocenters. The molecule has 11 heteroatoms. The highest BCUT2D eigenvalue weighted by Crippen LogP contribution is 2.40. The zero-order chi connectivity index (χ0) is 23.0. The van der Waals surface area contributed by atoms with E-state index in [4.69, 9.17) is 4.74 Å². The molecule has 170 valence electrons. The van der Waals surface area contributed by atoms with Crippen LogP contribution in [-0.2, 0) is 32.1 Å². The Morgan fingerprint density at radius 2 is 1.97 bits per heavy atom. The molecule has 3 rings (SSSR count). The molecule has 1 aromatic carbocycles. The van der Waals surface area contributed by atoms with Crippen LogP contribution in [0.2, 0.25) is 0 Å². The molecule has 0 aliphatic heterocycles. The summed E-state index contributed by atoms with van der Waals surface area (Å²) < 4.78 is 73.9. The van der Waals surface area contributed by atoms with E-state index in [1.807, 2.05) is 0 Å². The van der Waals surface area contributed by atoms with Gasteiger partial charge in [-0.15, -0.1) is 0 Å². The number of hydrogen-bond acceptors (Lipinski definition) is 5. The van der Waals surface area contributed by atoms with Crippen LogP contribution in [-0.4, -0.2) is 61.6 Å². The number of halogens is 3. The molecule has 2 atom stereocenters. The number of benzene rings is 1. The predicted molar refractivity (Wildman–Crippen MR) is 107 cm³/mol. The lowest BCUT2D eigenvalue weighted by atomic mass is 10.1. The number of methoxy groups -OCH3 is 1. The summed E-state index contributed by atoms with van der Waals surface area (Å²) in [5.41, 5.74) is -0.694. The van der Waals surface area contributed by atoms with Crippen LogP contribution in [0.15, 0.2) is 35.5 Å². The van der Waals surface area contributed by atoms with Gasteiger partial charge in [0.15, 0.2) is 9.84 Å². The summed E-state index contributed by atoms with van der Waals surface area (Å²) in [6.45, 7) is -0.0616. The smallest absolute Gasteiger partial charge is 0.381 e. The second-order valence-corrected chi connectivity index (χ2v) is 9.96. The summed E-state index contributed by atoms with van der Waals surface area (Å²) in [4.78, 5) is 12.5. The molecule has 1 saturated carbocycles. The third kappa shape index (κ3) is 4.93. The molecule has 0 N–H and O–H groups in total. The van der Waals surface area contributed by atoms with Gasteiger partial charge in [-0.1, -0.05) is 6.07 Å². The first kappa shape index (κ1) is 23.3. The maximum absolute atomic E-state index is 13.8. The molecule has 2 aromatic rings. The molecule has 1 aromatic heterocycles. The monoisotopic (exact) mass is 459 g/mol. The SMILES string of the molecule is CO[C@H]1CC[C@H](S(=O)(=O)c2ccc(-c3cnn(CC(=O)N(C)C)c3)cc2C(F)(F)F)C1. The molecular weight excluding hydrogens is 435 g/mol. The number of likely N-dealkylation sites (N-methyl/N-ethyl adjacent to an activating group) is 1. The number of alkyl halides is 3. The average Bonchev–Trinajstić information content (AvgIpc) is 3.36. The second kappa shape index (κ2) is 8.62. The van der Waals surface area contributed by atoms with Gasteiger partial charge in [0.1, 0.15) is 6.54 Å². The largest absolute Gasteiger partial charge is 0.417 e. The third-order valence-corrected chi connectivity index (χ3v) is 7.74. The van der Waals surface area contributed by atoms with Gasteiger partial charge in [-0.3, -0.25) is 9.48 Å². The molecule has 1 aliphatic carbocycles. The number of nitrogens with zero attached hydrogens (tertiary/aromatic N) is 3. The maximum atomic E-state index is 13.8. The normalized spacial score (nSPS) is 19.5. The van der Waals surface area contributed by atoms with Crippen molar-refractivity contribution in [2.45, 2.75) is 48.2 Å². The summed E-state index contributed by atoms with van der Waals surface area (Å²) in [6.07, 6.45) is -1.42. The van der Waals surface area contributed by atoms with Gasteiger partial charge in [0, 0.05) is 33.0 Å². The average molecular weight is 459 g/mol. The molecule has 1 heterocycles. The molecule has 0 bridgehead atoms. The van der Waals surface area contributed by atoms with E-state index in [0.29, 0.717) is 12.0 Å². The maximum Gasteiger partial charge on any atom is 0.417 e. The number of carbonyl (C=O) groups is 1. The Bertz CT molecular complexity index is 1060. The van der Waals surface area contributed by atoms with E-state index in [0.717, 1.165) is 12.1 Å². The number of ether oxygens (including phenoxy) is 1. The van der Waals surface area contributed by atoms with Crippen molar-refractivity contribution < 1.29 is 31.1 Å². The summed E-state index contributed by atoms with van der Waals surface area (Å²) in [7, 11) is 0.443. The van der Waals surface area contributed by atoms with E-state index in [2.05, 4.69) is 5.10 Å². The topological polar surface area (TPSA) is 81.5 Å². The minimum Gasteiger partial charge on any atom is -0.381 e. The van der Waals surface area contributed by atoms with Crippen LogP contribution >= 0.6 is 0 Å². The summed E-state index contributed by atoms with van der Waals surface area (Å²) in [5.74, 6) is -0.224. The van der Waals surface area contributed by atoms with Crippen molar-refractivity contribution in [1.29, 1.82) is 0 Å². The second-order valence-electron chi connectivity index (χ2n) is 7.76. The standard InChI is InChI=1S/C20H24F3N3O4S/c1-25(2)19(27)12-26-11-14(10-24-26)13-4-7-18(17(8-13)20(21,22)23)31(28,29)16-6-5-15(9-16)30-3/h4,7-8,10-11,15-16H,5-6,9,12H2,1-3H3/t15-,16-/m0/s1. The van der Waals surface area contributed by atoms with Crippen molar-refractivity contribution in [2.75, 3.05) is 21.2 Å². The van der Waals surface area contributed by atoms with Crippen LogP contribution in [0.4, 0.5) is 13.2 Å². The Kier molecular flexibility index (Phi) is 6.47. The highest BCUT2D eigenvalue weighted by molar-refractivity contribution is 7.92. The molecule has 1 fully saturated rings. The summed E-state index contributed by atoms with van der Waals surface area (Å²) >= 11 is 0. The lowest BCUT2D eigenvalue weighted by molar-refractivity contribution is -0.139. The van der Waals surface area contributed by atoms with E-state index < -0.39 is 31.7 Å². The molecule has 0 spiro atoms. The van der Waals surface area contributed by atoms with Crippen LogP contribution < -0.4 is 0 Å². The van der Waals surface area contributed by atoms with Gasteiger partial charge < -0.3 is 9.64 Å². The molecular formula is C20H24F3N3O4S. The minimum atomic E-state index is -4.85. The first-order valence-corrected chi connectivity index (χ1v) is 11.2. The Balaban J connectivity index is 1.97. The Morgan fingerprint density at radius 3 is 2.55 bits per heavy atom. The fourth-order valence-corrected chi connectivity index (χ4v) is 5.65. The number of carbonyl (C=O) groups excluding carboxylic acids is 1. The van der Waals surface area contributed by atoms with Crippen LogP contribution in [0.5, 0.6) is 0 Å². The summed E-state index contributed by atoms with van der Waals surface area (Å²) in [5, 5.41) is 3.10. The van der Waals surface area contributed by atoms with E-state index >= 15 is 0 Å².